The molecule has 1 N–H and O–H groups in total. The van der Waals surface area contributed by atoms with Crippen LogP contribution in [0.5, 0.6) is 5.75 Å². The van der Waals surface area contributed by atoms with Crippen LogP contribution in [0.1, 0.15) is 43.2 Å². The van der Waals surface area contributed by atoms with Gasteiger partial charge in [0, 0.05) is 52.4 Å². The van der Waals surface area contributed by atoms with Gasteiger partial charge in [-0.3, -0.25) is 14.6 Å². The number of likely N-dealkylation sites (tertiary alicyclic amines) is 1. The third-order valence-corrected chi connectivity index (χ3v) is 8.76. The average Bonchev–Trinajstić information content (AvgIpc) is 3.11. The molecule has 10 heteroatoms. The maximum Gasteiger partial charge on any atom is 0.257 e. The van der Waals surface area contributed by atoms with Gasteiger partial charge in [-0.15, -0.1) is 0 Å². The van der Waals surface area contributed by atoms with Crippen molar-refractivity contribution in [1.29, 1.82) is 0 Å². The number of fused-ring (bicyclic) bond motifs is 3. The van der Waals surface area contributed by atoms with Crippen LogP contribution in [-0.2, 0) is 16.6 Å². The Morgan fingerprint density at radius 3 is 2.51 bits per heavy atom. The first-order chi connectivity index (χ1) is 17.8. The molecule has 1 amide bonds. The third-order valence-electron chi connectivity index (χ3n) is 8.76. The summed E-state index contributed by atoms with van der Waals surface area (Å²) in [4.78, 5) is 42.1. The number of hydrogen-bond donors (Lipinski definition) is 1. The van der Waals surface area contributed by atoms with E-state index in [1.807, 2.05) is 16.8 Å². The first-order valence-corrected chi connectivity index (χ1v) is 13.3. The average molecular weight is 511 g/mol. The lowest BCUT2D eigenvalue weighted by Crippen LogP contribution is -2.49. The molecule has 1 aromatic carbocycles. The van der Waals surface area contributed by atoms with Crippen LogP contribution in [0.2, 0.25) is 0 Å². The summed E-state index contributed by atoms with van der Waals surface area (Å²) in [5, 5.41) is 0. The smallest absolute Gasteiger partial charge is 0.257 e. The van der Waals surface area contributed by atoms with E-state index in [4.69, 9.17) is 9.72 Å². The molecule has 5 heterocycles. The minimum Gasteiger partial charge on any atom is -0.488 e. The Morgan fingerprint density at radius 1 is 1.05 bits per heavy atom. The molecule has 4 aliphatic rings. The van der Waals surface area contributed by atoms with E-state index in [2.05, 4.69) is 16.9 Å². The maximum absolute atomic E-state index is 15.5. The highest BCUT2D eigenvalue weighted by Gasteiger charge is 2.54. The van der Waals surface area contributed by atoms with Crippen LogP contribution in [0.25, 0.3) is 0 Å². The van der Waals surface area contributed by atoms with Gasteiger partial charge in [0.1, 0.15) is 23.5 Å². The Kier molecular flexibility index (Phi) is 5.89. The number of aromatic amines is 1. The molecule has 6 rings (SSSR count). The fraction of sp³-hybridized carbons (Fsp3) is 0.593. The summed E-state index contributed by atoms with van der Waals surface area (Å²) in [6, 6.07) is 3.12. The SMILES string of the molecule is CN1CCC(Oc2ccc(F)c3c2N(C)C(=O)C32CCN(c3nc4c(c(=O)[nH]3)CCCN4C)CC2)CC1. The summed E-state index contributed by atoms with van der Waals surface area (Å²) in [7, 11) is 5.78. The first-order valence-electron chi connectivity index (χ1n) is 13.3. The van der Waals surface area contributed by atoms with Crippen molar-refractivity contribution in [2.45, 2.75) is 50.0 Å². The molecule has 0 radical (unpaired) electrons. The molecule has 0 atom stereocenters. The van der Waals surface area contributed by atoms with E-state index >= 15 is 4.39 Å². The Labute approximate surface area is 216 Å². The second-order valence-electron chi connectivity index (χ2n) is 11.0. The number of anilines is 3. The number of rotatable bonds is 3. The molecular weight excluding hydrogens is 475 g/mol. The molecule has 0 aliphatic carbocycles. The summed E-state index contributed by atoms with van der Waals surface area (Å²) >= 11 is 0. The van der Waals surface area contributed by atoms with Crippen molar-refractivity contribution in [1.82, 2.24) is 14.9 Å². The van der Waals surface area contributed by atoms with Crippen LogP contribution >= 0.6 is 0 Å². The molecule has 2 saturated heterocycles. The highest BCUT2D eigenvalue weighted by atomic mass is 19.1. The Balaban J connectivity index is 1.28. The number of carbonyl (C=O) groups excluding carboxylic acids is 1. The van der Waals surface area contributed by atoms with E-state index < -0.39 is 5.41 Å². The zero-order valence-corrected chi connectivity index (χ0v) is 21.8. The highest BCUT2D eigenvalue weighted by molar-refractivity contribution is 6.09. The van der Waals surface area contributed by atoms with Crippen LogP contribution in [0.3, 0.4) is 0 Å². The van der Waals surface area contributed by atoms with Gasteiger partial charge in [-0.2, -0.15) is 4.98 Å². The number of nitrogens with zero attached hydrogens (tertiary/aromatic N) is 5. The van der Waals surface area contributed by atoms with Crippen LogP contribution in [-0.4, -0.2) is 80.7 Å². The van der Waals surface area contributed by atoms with Crippen molar-refractivity contribution >= 4 is 23.4 Å². The number of ether oxygens (including phenoxy) is 1. The summed E-state index contributed by atoms with van der Waals surface area (Å²) in [5.41, 5.74) is 0.709. The van der Waals surface area contributed by atoms with Gasteiger partial charge in [-0.25, -0.2) is 4.39 Å². The zero-order chi connectivity index (χ0) is 25.9. The van der Waals surface area contributed by atoms with Gasteiger partial charge < -0.3 is 24.3 Å². The summed E-state index contributed by atoms with van der Waals surface area (Å²) in [5.74, 6) is 1.39. The molecule has 0 unspecified atom stereocenters. The molecule has 1 spiro atoms. The quantitative estimate of drug-likeness (QED) is 0.678. The largest absolute Gasteiger partial charge is 0.488 e. The number of benzene rings is 1. The van der Waals surface area contributed by atoms with Crippen molar-refractivity contribution in [3.63, 3.8) is 0 Å². The van der Waals surface area contributed by atoms with Gasteiger partial charge in [-0.1, -0.05) is 0 Å². The maximum atomic E-state index is 15.5. The number of piperidine rings is 2. The van der Waals surface area contributed by atoms with Gasteiger partial charge in [0.15, 0.2) is 0 Å². The topological polar surface area (TPSA) is 85.0 Å². The standard InChI is InChI=1S/C27H35FN6O3/c1-31-13-8-17(9-14-31)37-20-7-6-19(28)21-22(20)33(3)25(36)27(21)10-15-34(16-11-27)26-29-23-18(24(35)30-26)5-4-12-32(23)2/h6-7,17H,4-5,8-16H2,1-3H3,(H,29,30,35). The summed E-state index contributed by atoms with van der Waals surface area (Å²) in [6.07, 6.45) is 4.40. The fourth-order valence-electron chi connectivity index (χ4n) is 6.57. The molecule has 1 aromatic heterocycles. The van der Waals surface area contributed by atoms with Crippen LogP contribution in [0.15, 0.2) is 16.9 Å². The summed E-state index contributed by atoms with van der Waals surface area (Å²) in [6.45, 7) is 3.76. The monoisotopic (exact) mass is 510 g/mol. The first kappa shape index (κ1) is 24.2. The van der Waals surface area contributed by atoms with E-state index in [0.29, 0.717) is 48.9 Å². The van der Waals surface area contributed by atoms with E-state index in [9.17, 15) is 9.59 Å². The Bertz CT molecular complexity index is 1280. The number of likely N-dealkylation sites (N-methyl/N-ethyl adjacent to an activating group) is 1. The van der Waals surface area contributed by atoms with Crippen molar-refractivity contribution in [2.24, 2.45) is 0 Å². The Morgan fingerprint density at radius 2 is 1.78 bits per heavy atom. The zero-order valence-electron chi connectivity index (χ0n) is 21.8. The molecule has 198 valence electrons. The normalized spacial score (nSPS) is 21.9. The lowest BCUT2D eigenvalue weighted by atomic mass is 9.73. The second-order valence-corrected chi connectivity index (χ2v) is 11.0. The van der Waals surface area contributed by atoms with Crippen molar-refractivity contribution in [2.75, 3.05) is 68.6 Å². The van der Waals surface area contributed by atoms with Gasteiger partial charge >= 0.3 is 0 Å². The van der Waals surface area contributed by atoms with Gasteiger partial charge in [0.2, 0.25) is 11.9 Å². The van der Waals surface area contributed by atoms with Gasteiger partial charge in [-0.05, 0) is 57.7 Å². The van der Waals surface area contributed by atoms with Crippen LogP contribution in [0, 0.1) is 5.82 Å². The number of H-pyrrole nitrogens is 1. The number of carbonyl (C=O) groups is 1. The lowest BCUT2D eigenvalue weighted by Gasteiger charge is -2.39. The van der Waals surface area contributed by atoms with Crippen LogP contribution < -0.4 is 25.0 Å². The fourth-order valence-corrected chi connectivity index (χ4v) is 6.57. The van der Waals surface area contributed by atoms with E-state index in [0.717, 1.165) is 56.7 Å². The molecule has 0 bridgehead atoms. The third kappa shape index (κ3) is 3.88. The molecule has 9 nitrogen and oxygen atoms in total. The van der Waals surface area contributed by atoms with Crippen molar-refractivity contribution < 1.29 is 13.9 Å². The minimum atomic E-state index is -0.942. The van der Waals surface area contributed by atoms with Gasteiger partial charge in [0.05, 0.1) is 16.7 Å². The molecule has 37 heavy (non-hydrogen) atoms. The number of amides is 1. The van der Waals surface area contributed by atoms with Gasteiger partial charge in [0.25, 0.3) is 5.56 Å². The number of nitrogens with one attached hydrogen (secondary N) is 1. The molecular formula is C27H35FN6O3. The molecule has 2 aromatic rings. The number of halogens is 1. The van der Waals surface area contributed by atoms with E-state index in [1.54, 1.807) is 18.0 Å². The number of hydrogen-bond acceptors (Lipinski definition) is 7. The predicted octanol–water partition coefficient (Wildman–Crippen LogP) is 2.28. The van der Waals surface area contributed by atoms with E-state index in [1.165, 1.54) is 6.07 Å². The molecule has 2 fully saturated rings. The highest BCUT2D eigenvalue weighted by Crippen LogP contribution is 2.52. The molecule has 0 saturated carbocycles. The lowest BCUT2D eigenvalue weighted by molar-refractivity contribution is -0.123. The Hall–Kier alpha value is -3.14. The predicted molar refractivity (Wildman–Crippen MR) is 141 cm³/mol. The summed E-state index contributed by atoms with van der Waals surface area (Å²) < 4.78 is 21.8. The minimum absolute atomic E-state index is 0.0534. The van der Waals surface area contributed by atoms with Crippen LogP contribution in [0.4, 0.5) is 21.8 Å². The second kappa shape index (κ2) is 9.01. The van der Waals surface area contributed by atoms with Crippen molar-refractivity contribution in [3.8, 4) is 5.75 Å². The molecule has 4 aliphatic heterocycles. The van der Waals surface area contributed by atoms with E-state index in [-0.39, 0.29) is 23.4 Å². The number of aromatic nitrogens is 2. The van der Waals surface area contributed by atoms with Crippen molar-refractivity contribution in [3.05, 3.63) is 39.4 Å².